The maximum absolute atomic E-state index is 13.6. The molecule has 1 N–H and O–H groups in total. The Morgan fingerprint density at radius 2 is 1.67 bits per heavy atom. The highest BCUT2D eigenvalue weighted by atomic mass is 16.5. The summed E-state index contributed by atoms with van der Waals surface area (Å²) in [4.78, 5) is 30.8. The third kappa shape index (κ3) is 5.62. The van der Waals surface area contributed by atoms with Crippen LogP contribution in [0.15, 0.2) is 78.4 Å². The molecule has 7 heteroatoms. The summed E-state index contributed by atoms with van der Waals surface area (Å²) in [6.07, 6.45) is 0. The minimum Gasteiger partial charge on any atom is -0.507 e. The molecule has 204 valence electrons. The van der Waals surface area contributed by atoms with Gasteiger partial charge >= 0.3 is 0 Å². The number of hydrogen-bond donors (Lipinski definition) is 1. The van der Waals surface area contributed by atoms with Gasteiger partial charge < -0.3 is 19.5 Å². The molecular weight excluding hydrogens is 492 g/mol. The first-order valence-corrected chi connectivity index (χ1v) is 13.3. The zero-order chi connectivity index (χ0) is 28.1. The Bertz CT molecular complexity index is 1360. The molecule has 0 aromatic heterocycles. The summed E-state index contributed by atoms with van der Waals surface area (Å²) in [6, 6.07) is 20.9. The lowest BCUT2D eigenvalue weighted by molar-refractivity contribution is -0.132. The molecule has 39 heavy (non-hydrogen) atoms. The number of para-hydroxylation sites is 2. The number of methoxy groups -OCH3 is 1. The van der Waals surface area contributed by atoms with Crippen molar-refractivity contribution in [3.63, 3.8) is 0 Å². The van der Waals surface area contributed by atoms with Crippen molar-refractivity contribution in [2.24, 2.45) is 5.92 Å². The number of ether oxygens (including phenoxy) is 2. The number of ketones is 1. The molecule has 1 fully saturated rings. The van der Waals surface area contributed by atoms with Crippen molar-refractivity contribution in [1.29, 1.82) is 0 Å². The minimum absolute atomic E-state index is 0.0162. The van der Waals surface area contributed by atoms with E-state index in [1.54, 1.807) is 48.5 Å². The van der Waals surface area contributed by atoms with E-state index >= 15 is 0 Å². The van der Waals surface area contributed by atoms with Crippen molar-refractivity contribution in [2.75, 3.05) is 36.6 Å². The first-order valence-electron chi connectivity index (χ1n) is 13.3. The van der Waals surface area contributed by atoms with Crippen LogP contribution in [0.4, 0.5) is 11.4 Å². The summed E-state index contributed by atoms with van der Waals surface area (Å²) < 4.78 is 11.4. The van der Waals surface area contributed by atoms with Gasteiger partial charge in [-0.3, -0.25) is 14.5 Å². The Kier molecular flexibility index (Phi) is 8.59. The summed E-state index contributed by atoms with van der Waals surface area (Å²) >= 11 is 0. The number of carbonyl (C=O) groups excluding carboxylic acids is 2. The van der Waals surface area contributed by atoms with Crippen LogP contribution in [0, 0.1) is 5.92 Å². The average Bonchev–Trinajstić information content (AvgIpc) is 3.22. The second kappa shape index (κ2) is 12.1. The van der Waals surface area contributed by atoms with Crippen molar-refractivity contribution >= 4 is 28.8 Å². The number of hydrogen-bond acceptors (Lipinski definition) is 6. The fourth-order valence-corrected chi connectivity index (χ4v) is 4.83. The highest BCUT2D eigenvalue weighted by Gasteiger charge is 2.47. The SMILES string of the molecule is CCN(CC)c1ccc(C2/C(=C(/O)c3cccc(OCC(C)C)c3)C(=O)C(=O)N2c2ccccc2OC)cc1. The van der Waals surface area contributed by atoms with E-state index < -0.39 is 17.7 Å². The number of anilines is 2. The fourth-order valence-electron chi connectivity index (χ4n) is 4.83. The van der Waals surface area contributed by atoms with E-state index in [0.717, 1.165) is 18.8 Å². The topological polar surface area (TPSA) is 79.3 Å². The summed E-state index contributed by atoms with van der Waals surface area (Å²) in [5, 5.41) is 11.5. The van der Waals surface area contributed by atoms with E-state index in [1.165, 1.54) is 12.0 Å². The molecule has 0 aliphatic carbocycles. The zero-order valence-corrected chi connectivity index (χ0v) is 23.2. The van der Waals surface area contributed by atoms with Crippen LogP contribution in [0.2, 0.25) is 0 Å². The predicted molar refractivity (Wildman–Crippen MR) is 155 cm³/mol. The van der Waals surface area contributed by atoms with Gasteiger partial charge in [-0.1, -0.05) is 50.2 Å². The molecule has 3 aromatic rings. The molecule has 1 atom stereocenters. The Morgan fingerprint density at radius 1 is 0.974 bits per heavy atom. The van der Waals surface area contributed by atoms with Gasteiger partial charge in [0, 0.05) is 24.3 Å². The number of benzene rings is 3. The van der Waals surface area contributed by atoms with Gasteiger partial charge in [0.25, 0.3) is 11.7 Å². The van der Waals surface area contributed by atoms with E-state index in [1.807, 2.05) is 24.3 Å². The van der Waals surface area contributed by atoms with E-state index in [2.05, 4.69) is 32.6 Å². The normalized spacial score (nSPS) is 16.6. The molecule has 1 amide bonds. The number of aliphatic hydroxyl groups excluding tert-OH is 1. The van der Waals surface area contributed by atoms with E-state index in [4.69, 9.17) is 9.47 Å². The second-order valence-corrected chi connectivity index (χ2v) is 9.84. The molecule has 0 spiro atoms. The molecule has 7 nitrogen and oxygen atoms in total. The Labute approximate surface area is 230 Å². The van der Waals surface area contributed by atoms with Crippen molar-refractivity contribution in [3.8, 4) is 11.5 Å². The van der Waals surface area contributed by atoms with Gasteiger partial charge in [-0.2, -0.15) is 0 Å². The Morgan fingerprint density at radius 3 is 2.31 bits per heavy atom. The number of rotatable bonds is 10. The van der Waals surface area contributed by atoms with Gasteiger partial charge in [-0.25, -0.2) is 0 Å². The van der Waals surface area contributed by atoms with Crippen molar-refractivity contribution in [3.05, 3.63) is 89.5 Å². The van der Waals surface area contributed by atoms with Crippen molar-refractivity contribution in [2.45, 2.75) is 33.7 Å². The van der Waals surface area contributed by atoms with Crippen LogP contribution in [0.5, 0.6) is 11.5 Å². The predicted octanol–water partition coefficient (Wildman–Crippen LogP) is 6.20. The Balaban J connectivity index is 1.88. The lowest BCUT2D eigenvalue weighted by Crippen LogP contribution is -2.30. The van der Waals surface area contributed by atoms with Crippen LogP contribution >= 0.6 is 0 Å². The molecule has 4 rings (SSSR count). The molecule has 1 heterocycles. The lowest BCUT2D eigenvalue weighted by atomic mass is 9.94. The second-order valence-electron chi connectivity index (χ2n) is 9.84. The standard InChI is InChI=1S/C32H36N2O5/c1-6-33(7-2)24-17-15-22(16-18-24)29-28(30(35)23-11-10-12-25(19-23)39-20-21(3)4)31(36)32(37)34(29)26-13-8-9-14-27(26)38-5/h8-19,21,29,35H,6-7,20H2,1-5H3/b30-28-. The van der Waals surface area contributed by atoms with Gasteiger partial charge in [0.2, 0.25) is 0 Å². The molecule has 0 radical (unpaired) electrons. The van der Waals surface area contributed by atoms with Gasteiger partial charge in [-0.15, -0.1) is 0 Å². The molecule has 1 aliphatic rings. The van der Waals surface area contributed by atoms with Gasteiger partial charge in [0.05, 0.1) is 31.0 Å². The third-order valence-electron chi connectivity index (χ3n) is 6.82. The summed E-state index contributed by atoms with van der Waals surface area (Å²) in [7, 11) is 1.52. The van der Waals surface area contributed by atoms with Gasteiger partial charge in [-0.05, 0) is 61.7 Å². The average molecular weight is 529 g/mol. The van der Waals surface area contributed by atoms with Gasteiger partial charge in [0.1, 0.15) is 17.3 Å². The van der Waals surface area contributed by atoms with Gasteiger partial charge in [0.15, 0.2) is 0 Å². The maximum Gasteiger partial charge on any atom is 0.300 e. The summed E-state index contributed by atoms with van der Waals surface area (Å²) in [5.74, 6) is -0.387. The summed E-state index contributed by atoms with van der Waals surface area (Å²) in [5.41, 5.74) is 2.60. The third-order valence-corrected chi connectivity index (χ3v) is 6.82. The maximum atomic E-state index is 13.6. The monoisotopic (exact) mass is 528 g/mol. The number of amides is 1. The molecular formula is C32H36N2O5. The van der Waals surface area contributed by atoms with Crippen molar-refractivity contribution in [1.82, 2.24) is 0 Å². The van der Waals surface area contributed by atoms with Crippen LogP contribution in [0.3, 0.4) is 0 Å². The van der Waals surface area contributed by atoms with Crippen LogP contribution in [0.1, 0.15) is 44.9 Å². The number of carbonyl (C=O) groups is 2. The van der Waals surface area contributed by atoms with E-state index in [-0.39, 0.29) is 11.3 Å². The number of nitrogens with zero attached hydrogens (tertiary/aromatic N) is 2. The van der Waals surface area contributed by atoms with Crippen LogP contribution in [-0.2, 0) is 9.59 Å². The molecule has 1 saturated heterocycles. The molecule has 1 unspecified atom stereocenters. The quantitative estimate of drug-likeness (QED) is 0.192. The fraction of sp³-hybridized carbons (Fsp3) is 0.312. The first-order chi connectivity index (χ1) is 18.8. The van der Waals surface area contributed by atoms with E-state index in [9.17, 15) is 14.7 Å². The first kappa shape index (κ1) is 27.8. The molecule has 0 saturated carbocycles. The smallest absolute Gasteiger partial charge is 0.300 e. The lowest BCUT2D eigenvalue weighted by Gasteiger charge is -2.27. The van der Waals surface area contributed by atoms with E-state index in [0.29, 0.717) is 40.8 Å². The highest BCUT2D eigenvalue weighted by Crippen LogP contribution is 2.45. The zero-order valence-electron chi connectivity index (χ0n) is 23.2. The summed E-state index contributed by atoms with van der Waals surface area (Å²) in [6.45, 7) is 10.5. The Hall–Kier alpha value is -4.26. The van der Waals surface area contributed by atoms with Crippen molar-refractivity contribution < 1.29 is 24.2 Å². The largest absolute Gasteiger partial charge is 0.507 e. The minimum atomic E-state index is -0.854. The van der Waals surface area contributed by atoms with Crippen LogP contribution in [-0.4, -0.2) is 43.6 Å². The van der Waals surface area contributed by atoms with Crippen LogP contribution < -0.4 is 19.3 Å². The van der Waals surface area contributed by atoms with Crippen LogP contribution in [0.25, 0.3) is 5.76 Å². The number of Topliss-reactive ketones (excluding diaryl/α,β-unsaturated/α-hetero) is 1. The molecule has 0 bridgehead atoms. The molecule has 1 aliphatic heterocycles. The molecule has 3 aromatic carbocycles. The number of aliphatic hydroxyl groups is 1. The highest BCUT2D eigenvalue weighted by molar-refractivity contribution is 6.52.